The Morgan fingerprint density at radius 2 is 1.12 bits per heavy atom. The van der Waals surface area contributed by atoms with E-state index in [-0.39, 0.29) is 24.1 Å². The maximum absolute atomic E-state index is 11.5. The normalized spacial score (nSPS) is 16.2. The van der Waals surface area contributed by atoms with Crippen LogP contribution in [0.3, 0.4) is 0 Å². The van der Waals surface area contributed by atoms with Crippen molar-refractivity contribution in [3.05, 3.63) is 12.3 Å². The molecule has 0 aromatic heterocycles. The maximum Gasteiger partial charge on any atom is 0.311 e. The van der Waals surface area contributed by atoms with Gasteiger partial charge in [-0.3, -0.25) is 14.1 Å². The van der Waals surface area contributed by atoms with Crippen molar-refractivity contribution in [2.75, 3.05) is 19.6 Å². The SMILES string of the molecule is CCCCCCCCCCCC/C=C/[N+](CC(C)C(=O)[O-])(CC(C)C(=O)O)CC(C)C(=O)O. The first-order valence-electron chi connectivity index (χ1n) is 12.7. The molecule has 0 aliphatic carbocycles. The largest absolute Gasteiger partial charge is 0.550 e. The predicted molar refractivity (Wildman–Crippen MR) is 128 cm³/mol. The first-order chi connectivity index (χ1) is 15.5. The van der Waals surface area contributed by atoms with Gasteiger partial charge in [0.2, 0.25) is 0 Å². The number of quaternary nitrogens is 1. The predicted octanol–water partition coefficient (Wildman–Crippen LogP) is 4.46. The number of unbranched alkanes of at least 4 members (excludes halogenated alkanes) is 10. The number of nitrogens with zero attached hydrogens (tertiary/aromatic N) is 1. The van der Waals surface area contributed by atoms with Gasteiger partial charge in [-0.15, -0.1) is 0 Å². The van der Waals surface area contributed by atoms with Crippen molar-refractivity contribution in [1.82, 2.24) is 0 Å². The molecule has 192 valence electrons. The quantitative estimate of drug-likeness (QED) is 0.189. The van der Waals surface area contributed by atoms with Crippen LogP contribution in [0.5, 0.6) is 0 Å². The number of aliphatic carboxylic acids is 3. The fraction of sp³-hybridized carbons (Fsp3) is 0.808. The molecule has 2 N–H and O–H groups in total. The Kier molecular flexibility index (Phi) is 16.6. The number of rotatable bonds is 21. The van der Waals surface area contributed by atoms with Crippen LogP contribution in [0.1, 0.15) is 98.3 Å². The molecule has 0 amide bonds. The van der Waals surface area contributed by atoms with Crippen LogP contribution >= 0.6 is 0 Å². The van der Waals surface area contributed by atoms with E-state index in [0.717, 1.165) is 19.3 Å². The second kappa shape index (κ2) is 17.6. The molecule has 0 spiro atoms. The number of carboxylic acids is 3. The highest BCUT2D eigenvalue weighted by Gasteiger charge is 2.35. The van der Waals surface area contributed by atoms with Crippen LogP contribution in [0.25, 0.3) is 0 Å². The van der Waals surface area contributed by atoms with E-state index in [9.17, 15) is 29.7 Å². The molecule has 0 radical (unpaired) electrons. The maximum atomic E-state index is 11.5. The van der Waals surface area contributed by atoms with Crippen molar-refractivity contribution in [3.63, 3.8) is 0 Å². The van der Waals surface area contributed by atoms with Gasteiger partial charge in [-0.2, -0.15) is 0 Å². The average Bonchev–Trinajstić information content (AvgIpc) is 2.74. The van der Waals surface area contributed by atoms with Crippen molar-refractivity contribution >= 4 is 17.9 Å². The number of hydrogen-bond acceptors (Lipinski definition) is 4. The minimum Gasteiger partial charge on any atom is -0.550 e. The fourth-order valence-corrected chi connectivity index (χ4v) is 4.32. The van der Waals surface area contributed by atoms with Crippen molar-refractivity contribution in [1.29, 1.82) is 0 Å². The molecule has 0 heterocycles. The zero-order valence-corrected chi connectivity index (χ0v) is 21.3. The Morgan fingerprint density at radius 3 is 1.52 bits per heavy atom. The number of carboxylic acid groups (broad SMARTS) is 3. The van der Waals surface area contributed by atoms with E-state index in [4.69, 9.17) is 0 Å². The molecule has 0 aromatic rings. The summed E-state index contributed by atoms with van der Waals surface area (Å²) in [6.45, 7) is 7.27. The van der Waals surface area contributed by atoms with Crippen molar-refractivity contribution < 1.29 is 34.2 Å². The van der Waals surface area contributed by atoms with Crippen molar-refractivity contribution in [3.8, 4) is 0 Å². The molecule has 0 aliphatic heterocycles. The topological polar surface area (TPSA) is 115 Å². The van der Waals surface area contributed by atoms with Crippen molar-refractivity contribution in [2.24, 2.45) is 17.8 Å². The summed E-state index contributed by atoms with van der Waals surface area (Å²) in [4.78, 5) is 34.4. The van der Waals surface area contributed by atoms with Crippen LogP contribution in [0.15, 0.2) is 12.3 Å². The summed E-state index contributed by atoms with van der Waals surface area (Å²) in [6, 6.07) is 0. The Labute approximate surface area is 200 Å². The summed E-state index contributed by atoms with van der Waals surface area (Å²) in [5, 5.41) is 30.3. The summed E-state index contributed by atoms with van der Waals surface area (Å²) in [7, 11) is 0. The molecule has 7 nitrogen and oxygen atoms in total. The molecule has 0 saturated heterocycles. The highest BCUT2D eigenvalue weighted by atomic mass is 16.4. The van der Waals surface area contributed by atoms with Gasteiger partial charge in [0.25, 0.3) is 0 Å². The lowest BCUT2D eigenvalue weighted by Gasteiger charge is -2.39. The van der Waals surface area contributed by atoms with Gasteiger partial charge in [0.15, 0.2) is 0 Å². The standard InChI is InChI=1S/C26H47NO6/c1-5-6-7-8-9-10-11-12-13-14-15-16-17-27(18-21(2)24(28)29,19-22(3)25(30)31)20-23(4)26(32)33/h16-17,21-23H,5-15,18-20H2,1-4H3,(H2-,28,29,30,31,32,33)/b17-16+. The number of carbonyl (C=O) groups excluding carboxylic acids is 1. The summed E-state index contributed by atoms with van der Waals surface area (Å²) in [5.41, 5.74) is 0. The van der Waals surface area contributed by atoms with Crippen LogP contribution < -0.4 is 5.11 Å². The molecular formula is C26H47NO6. The van der Waals surface area contributed by atoms with E-state index in [1.165, 1.54) is 58.3 Å². The third kappa shape index (κ3) is 14.8. The van der Waals surface area contributed by atoms with Gasteiger partial charge in [-0.1, -0.05) is 71.6 Å². The van der Waals surface area contributed by atoms with Gasteiger partial charge in [0.1, 0.15) is 11.8 Å². The van der Waals surface area contributed by atoms with E-state index < -0.39 is 35.7 Å². The monoisotopic (exact) mass is 469 g/mol. The summed E-state index contributed by atoms with van der Waals surface area (Å²) >= 11 is 0. The summed E-state index contributed by atoms with van der Waals surface area (Å²) < 4.78 is 0.00778. The van der Waals surface area contributed by atoms with Gasteiger partial charge < -0.3 is 20.1 Å². The second-order valence-electron chi connectivity index (χ2n) is 9.82. The van der Waals surface area contributed by atoms with E-state index >= 15 is 0 Å². The number of hydrogen-bond donors (Lipinski definition) is 2. The zero-order chi connectivity index (χ0) is 25.3. The first kappa shape index (κ1) is 31.1. The molecule has 3 unspecified atom stereocenters. The minimum atomic E-state index is -1.22. The molecule has 0 fully saturated rings. The van der Waals surface area contributed by atoms with Gasteiger partial charge >= 0.3 is 11.9 Å². The van der Waals surface area contributed by atoms with Crippen LogP contribution in [0, 0.1) is 17.8 Å². The lowest BCUT2D eigenvalue weighted by Crippen LogP contribution is -2.54. The molecule has 0 saturated carbocycles. The summed E-state index contributed by atoms with van der Waals surface area (Å²) in [5.74, 6) is -5.47. The number of carbonyl (C=O) groups is 3. The Morgan fingerprint density at radius 1 is 0.727 bits per heavy atom. The molecule has 0 aliphatic rings. The van der Waals surface area contributed by atoms with E-state index in [2.05, 4.69) is 6.92 Å². The summed E-state index contributed by atoms with van der Waals surface area (Å²) in [6.07, 6.45) is 17.0. The lowest BCUT2D eigenvalue weighted by molar-refractivity contribution is -0.886. The minimum absolute atomic E-state index is 0.00778. The highest BCUT2D eigenvalue weighted by Crippen LogP contribution is 2.21. The Balaban J connectivity index is 4.97. The third-order valence-electron chi connectivity index (χ3n) is 6.30. The van der Waals surface area contributed by atoms with Crippen LogP contribution in [0.2, 0.25) is 0 Å². The zero-order valence-electron chi connectivity index (χ0n) is 21.3. The molecule has 7 heteroatoms. The van der Waals surface area contributed by atoms with Gasteiger partial charge in [0, 0.05) is 11.9 Å². The van der Waals surface area contributed by atoms with Crippen LogP contribution in [-0.2, 0) is 14.4 Å². The smallest absolute Gasteiger partial charge is 0.311 e. The second-order valence-corrected chi connectivity index (χ2v) is 9.82. The molecule has 0 bridgehead atoms. The van der Waals surface area contributed by atoms with E-state index in [1.54, 1.807) is 13.8 Å². The van der Waals surface area contributed by atoms with Crippen LogP contribution in [-0.4, -0.2) is 52.2 Å². The van der Waals surface area contributed by atoms with Gasteiger partial charge in [-0.05, 0) is 32.8 Å². The van der Waals surface area contributed by atoms with E-state index in [1.807, 2.05) is 12.3 Å². The fourth-order valence-electron chi connectivity index (χ4n) is 4.32. The Hall–Kier alpha value is -1.89. The molecular weight excluding hydrogens is 422 g/mol. The molecule has 3 atom stereocenters. The lowest BCUT2D eigenvalue weighted by atomic mass is 10.0. The molecule has 0 aromatic carbocycles. The van der Waals surface area contributed by atoms with E-state index in [0.29, 0.717) is 0 Å². The average molecular weight is 470 g/mol. The van der Waals surface area contributed by atoms with Crippen molar-refractivity contribution in [2.45, 2.75) is 98.3 Å². The first-order valence-corrected chi connectivity index (χ1v) is 12.7. The third-order valence-corrected chi connectivity index (χ3v) is 6.30. The van der Waals surface area contributed by atoms with Gasteiger partial charge in [-0.25, -0.2) is 0 Å². The van der Waals surface area contributed by atoms with Crippen LogP contribution in [0.4, 0.5) is 0 Å². The molecule has 33 heavy (non-hydrogen) atoms. The molecule has 0 rings (SSSR count). The van der Waals surface area contributed by atoms with Gasteiger partial charge in [0.05, 0.1) is 25.8 Å². The number of allylic oxidation sites excluding steroid dienone is 1. The highest BCUT2D eigenvalue weighted by molar-refractivity contribution is 5.70. The Bertz CT molecular complexity index is 549.